The number of nitrogens with zero attached hydrogens (tertiary/aromatic N) is 1. The number of para-hydroxylation sites is 1. The summed E-state index contributed by atoms with van der Waals surface area (Å²) in [5.74, 6) is -0.307. The van der Waals surface area contributed by atoms with Crippen LogP contribution in [0.15, 0.2) is 47.4 Å². The van der Waals surface area contributed by atoms with Gasteiger partial charge in [0.25, 0.3) is 0 Å². The van der Waals surface area contributed by atoms with Gasteiger partial charge >= 0.3 is 0 Å². The monoisotopic (exact) mass is 342 g/mol. The molecule has 1 aliphatic rings. The summed E-state index contributed by atoms with van der Waals surface area (Å²) in [6.45, 7) is 1.86. The maximum Gasteiger partial charge on any atom is 0.156 e. The smallest absolute Gasteiger partial charge is 0.156 e. The van der Waals surface area contributed by atoms with E-state index in [-0.39, 0.29) is 5.82 Å². The Balaban J connectivity index is 1.96. The minimum Gasteiger partial charge on any atom is -0.440 e. The van der Waals surface area contributed by atoms with Crippen LogP contribution >= 0.6 is 0 Å². The van der Waals surface area contributed by atoms with E-state index in [1.54, 1.807) is 24.3 Å². The fraction of sp³-hybridized carbons (Fsp3) is 0.222. The number of aromatic amines is 1. The zero-order valence-electron chi connectivity index (χ0n) is 13.0. The summed E-state index contributed by atoms with van der Waals surface area (Å²) in [7, 11) is -1.85. The van der Waals surface area contributed by atoms with Gasteiger partial charge in [0.15, 0.2) is 5.82 Å². The van der Waals surface area contributed by atoms with Crippen LogP contribution in [0.5, 0.6) is 0 Å². The fourth-order valence-corrected chi connectivity index (χ4v) is 3.77. The number of hydrogen-bond acceptors (Lipinski definition) is 4. The van der Waals surface area contributed by atoms with E-state index in [0.717, 1.165) is 37.1 Å². The van der Waals surface area contributed by atoms with E-state index in [9.17, 15) is 8.60 Å². The van der Waals surface area contributed by atoms with Crippen molar-refractivity contribution in [2.24, 2.45) is 0 Å². The highest BCUT2D eigenvalue weighted by Gasteiger charge is 2.20. The summed E-state index contributed by atoms with van der Waals surface area (Å²) in [5, 5.41) is 0.539. The molecular weight excluding hydrogens is 325 g/mol. The van der Waals surface area contributed by atoms with Crippen LogP contribution < -0.4 is 4.90 Å². The molecule has 0 radical (unpaired) electrons. The lowest BCUT2D eigenvalue weighted by atomic mass is 10.1. The number of rotatable bonds is 3. The number of hydrogen-bond donors (Lipinski definition) is 2. The molecule has 2 N–H and O–H groups in total. The van der Waals surface area contributed by atoms with Gasteiger partial charge in [0.05, 0.1) is 5.69 Å². The Morgan fingerprint density at radius 1 is 1.12 bits per heavy atom. The summed E-state index contributed by atoms with van der Waals surface area (Å²) in [5.41, 5.74) is 2.72. The largest absolute Gasteiger partial charge is 0.440 e. The van der Waals surface area contributed by atoms with Crippen molar-refractivity contribution in [3.05, 3.63) is 48.3 Å². The first kappa shape index (κ1) is 15.2. The lowest BCUT2D eigenvalue weighted by molar-refractivity contribution is 0.599. The number of benzene rings is 2. The first-order valence-corrected chi connectivity index (χ1v) is 9.09. The predicted octanol–water partition coefficient (Wildman–Crippen LogP) is 4.66. The van der Waals surface area contributed by atoms with Gasteiger partial charge in [0.2, 0.25) is 0 Å². The Kier molecular flexibility index (Phi) is 3.76. The van der Waals surface area contributed by atoms with Crippen LogP contribution in [0.25, 0.3) is 22.2 Å². The minimum atomic E-state index is -1.85. The summed E-state index contributed by atoms with van der Waals surface area (Å²) in [6, 6.07) is 12.5. The van der Waals surface area contributed by atoms with Crippen LogP contribution in [-0.2, 0) is 14.8 Å². The van der Waals surface area contributed by atoms with Crippen molar-refractivity contribution in [2.75, 3.05) is 18.0 Å². The van der Waals surface area contributed by atoms with Gasteiger partial charge in [0.1, 0.15) is 0 Å². The van der Waals surface area contributed by atoms with E-state index in [0.29, 0.717) is 21.5 Å². The summed E-state index contributed by atoms with van der Waals surface area (Å²) >= 11 is 0. The Hall–Kier alpha value is -2.34. The minimum absolute atomic E-state index is 0.307. The fourth-order valence-electron chi connectivity index (χ4n) is 3.36. The van der Waals surface area contributed by atoms with Gasteiger partial charge < -0.3 is 18.9 Å². The molecule has 1 aromatic heterocycles. The van der Waals surface area contributed by atoms with Crippen molar-refractivity contribution in [1.29, 1.82) is 4.78 Å². The molecule has 1 fully saturated rings. The third-order valence-electron chi connectivity index (χ3n) is 4.54. The van der Waals surface area contributed by atoms with Crippen LogP contribution in [0, 0.1) is 10.6 Å². The number of nitrogens with one attached hydrogen (secondary N) is 2. The third kappa shape index (κ3) is 2.47. The quantitative estimate of drug-likeness (QED) is 0.680. The molecule has 24 heavy (non-hydrogen) atoms. The van der Waals surface area contributed by atoms with Gasteiger partial charge in [-0.2, -0.15) is 10.6 Å². The molecule has 3 aromatic rings. The molecular formula is C18H17FN3OS-. The summed E-state index contributed by atoms with van der Waals surface area (Å²) < 4.78 is 34.0. The van der Waals surface area contributed by atoms with Crippen LogP contribution in [-0.4, -0.2) is 18.1 Å². The van der Waals surface area contributed by atoms with Crippen LogP contribution in [0.1, 0.15) is 12.8 Å². The van der Waals surface area contributed by atoms with E-state index in [2.05, 4.69) is 9.88 Å². The highest BCUT2D eigenvalue weighted by atomic mass is 32.2. The SMILES string of the molecule is N=[S-](=O)c1ccc(N2CCCC2)c(-c2[nH]c3ccccc3c2F)c1. The second-order valence-corrected chi connectivity index (χ2v) is 7.01. The van der Waals surface area contributed by atoms with Gasteiger partial charge in [-0.3, -0.25) is 0 Å². The van der Waals surface area contributed by atoms with Gasteiger partial charge in [-0.15, -0.1) is 0 Å². The molecule has 0 aliphatic carbocycles. The molecule has 0 saturated carbocycles. The van der Waals surface area contributed by atoms with Crippen LogP contribution in [0.2, 0.25) is 0 Å². The van der Waals surface area contributed by atoms with E-state index in [4.69, 9.17) is 4.78 Å². The number of fused-ring (bicyclic) bond motifs is 1. The van der Waals surface area contributed by atoms with Crippen LogP contribution in [0.4, 0.5) is 10.1 Å². The molecule has 2 heterocycles. The molecule has 6 heteroatoms. The second kappa shape index (κ2) is 5.94. The van der Waals surface area contributed by atoms with Gasteiger partial charge in [0, 0.05) is 35.2 Å². The van der Waals surface area contributed by atoms with Crippen LogP contribution in [0.3, 0.4) is 0 Å². The Labute approximate surface area is 141 Å². The van der Waals surface area contributed by atoms with Crippen molar-refractivity contribution in [3.8, 4) is 11.3 Å². The maximum absolute atomic E-state index is 14.9. The molecule has 4 rings (SSSR count). The predicted molar refractivity (Wildman–Crippen MR) is 94.2 cm³/mol. The number of aromatic nitrogens is 1. The standard InChI is InChI=1S/C18H17FN3OS/c19-17-13-5-1-2-6-15(13)21-18(17)14-11-12(24(20)23)7-8-16(14)22-9-3-4-10-22/h1-2,5-8,11,20-21H,3-4,9-10H2/q-1. The molecule has 0 amide bonds. The van der Waals surface area contributed by atoms with Crippen molar-refractivity contribution in [2.45, 2.75) is 17.7 Å². The Morgan fingerprint density at radius 3 is 2.58 bits per heavy atom. The van der Waals surface area contributed by atoms with E-state index >= 15 is 0 Å². The Morgan fingerprint density at radius 2 is 1.88 bits per heavy atom. The maximum atomic E-state index is 14.9. The zero-order chi connectivity index (χ0) is 16.7. The van der Waals surface area contributed by atoms with Crippen molar-refractivity contribution in [1.82, 2.24) is 4.98 Å². The lowest BCUT2D eigenvalue weighted by Gasteiger charge is -2.22. The topological polar surface area (TPSA) is 60.0 Å². The van der Waals surface area contributed by atoms with E-state index < -0.39 is 10.6 Å². The van der Waals surface area contributed by atoms with Gasteiger partial charge in [-0.05, 0) is 31.0 Å². The first-order chi connectivity index (χ1) is 11.6. The molecule has 0 atom stereocenters. The molecule has 0 bridgehead atoms. The molecule has 0 unspecified atom stereocenters. The van der Waals surface area contributed by atoms with Crippen molar-refractivity contribution < 1.29 is 8.60 Å². The molecule has 124 valence electrons. The molecule has 1 saturated heterocycles. The number of anilines is 1. The number of halogens is 1. The Bertz CT molecular complexity index is 979. The summed E-state index contributed by atoms with van der Waals surface area (Å²) in [6.07, 6.45) is 2.22. The second-order valence-electron chi connectivity index (χ2n) is 6.00. The average Bonchev–Trinajstić information content (AvgIpc) is 3.23. The van der Waals surface area contributed by atoms with E-state index in [1.165, 1.54) is 0 Å². The molecule has 1 aliphatic heterocycles. The number of H-pyrrole nitrogens is 1. The highest BCUT2D eigenvalue weighted by molar-refractivity contribution is 7.73. The van der Waals surface area contributed by atoms with Crippen molar-refractivity contribution in [3.63, 3.8) is 0 Å². The molecule has 0 spiro atoms. The summed E-state index contributed by atoms with van der Waals surface area (Å²) in [4.78, 5) is 5.75. The molecule has 4 nitrogen and oxygen atoms in total. The average molecular weight is 342 g/mol. The highest BCUT2D eigenvalue weighted by Crippen LogP contribution is 2.37. The van der Waals surface area contributed by atoms with E-state index in [1.807, 2.05) is 18.2 Å². The first-order valence-electron chi connectivity index (χ1n) is 7.94. The normalized spacial score (nSPS) is 14.8. The lowest BCUT2D eigenvalue weighted by Crippen LogP contribution is -2.18. The van der Waals surface area contributed by atoms with Gasteiger partial charge in [-0.1, -0.05) is 29.2 Å². The zero-order valence-corrected chi connectivity index (χ0v) is 13.8. The molecule has 2 aromatic carbocycles. The third-order valence-corrected chi connectivity index (χ3v) is 5.22. The van der Waals surface area contributed by atoms with Crippen molar-refractivity contribution >= 4 is 27.2 Å². The van der Waals surface area contributed by atoms with Gasteiger partial charge in [-0.25, -0.2) is 4.39 Å².